The molecule has 0 spiro atoms. The number of benzene rings is 1. The molecule has 4 aliphatic carbocycles. The molecule has 3 unspecified atom stereocenters. The van der Waals surface area contributed by atoms with Crippen LogP contribution < -0.4 is 0 Å². The minimum absolute atomic E-state index is 0.0261. The third-order valence-corrected chi connectivity index (χ3v) is 11.0. The second-order valence-corrected chi connectivity index (χ2v) is 12.8. The van der Waals surface area contributed by atoms with Crippen LogP contribution in [0.4, 0.5) is 0 Å². The molecule has 2 saturated heterocycles. The maximum absolute atomic E-state index is 14.1. The number of rotatable bonds is 4. The molecule has 0 aromatic heterocycles. The molecular weight excluding hydrogens is 508 g/mol. The Kier molecular flexibility index (Phi) is 5.42. The third kappa shape index (κ3) is 2.90. The van der Waals surface area contributed by atoms with E-state index in [9.17, 15) is 29.4 Å². The molecule has 4 bridgehead atoms. The number of ketones is 2. The van der Waals surface area contributed by atoms with Crippen LogP contribution in [-0.2, 0) is 33.3 Å². The van der Waals surface area contributed by atoms with Gasteiger partial charge in [-0.15, -0.1) is 0 Å². The molecule has 210 valence electrons. The molecule has 10 nitrogen and oxygen atoms in total. The molecule has 6 fully saturated rings. The van der Waals surface area contributed by atoms with Gasteiger partial charge in [-0.1, -0.05) is 45.9 Å². The average Bonchev–Trinajstić information content (AvgIpc) is 3.38. The summed E-state index contributed by atoms with van der Waals surface area (Å²) in [7, 11) is 0. The molecule has 2 heterocycles. The maximum Gasteiger partial charge on any atom is 0.338 e. The quantitative estimate of drug-likeness (QED) is 0.425. The van der Waals surface area contributed by atoms with E-state index in [1.807, 2.05) is 0 Å². The first-order chi connectivity index (χ1) is 18.2. The van der Waals surface area contributed by atoms with E-state index in [0.717, 1.165) is 0 Å². The van der Waals surface area contributed by atoms with Gasteiger partial charge in [0.15, 0.2) is 6.29 Å². The van der Waals surface area contributed by atoms with Gasteiger partial charge in [0, 0.05) is 42.4 Å². The Labute approximate surface area is 225 Å². The molecule has 1 aromatic rings. The minimum atomic E-state index is -1.57. The van der Waals surface area contributed by atoms with Crippen molar-refractivity contribution in [2.45, 2.75) is 83.3 Å². The summed E-state index contributed by atoms with van der Waals surface area (Å²) in [4.78, 5) is 53.6. The van der Waals surface area contributed by atoms with Crippen LogP contribution in [0.15, 0.2) is 30.3 Å². The first-order valence-electron chi connectivity index (χ1n) is 13.4. The SMILES string of the molecule is CC(=O)OC[C@]12OC(O)C[C@H]1OC1C2[C@]2(C)C(=O)C(=O)[C@H]3C(C)(C)[C@]1(OC(=O)c1ccccc1)C[C@H](O)[C@@]32C. The number of aliphatic hydroxyl groups is 2. The lowest BCUT2D eigenvalue weighted by Gasteiger charge is -2.59. The van der Waals surface area contributed by atoms with Gasteiger partial charge in [-0.2, -0.15) is 0 Å². The Morgan fingerprint density at radius 3 is 2.38 bits per heavy atom. The average molecular weight is 543 g/mol. The van der Waals surface area contributed by atoms with Crippen LogP contribution in [-0.4, -0.2) is 76.1 Å². The summed E-state index contributed by atoms with van der Waals surface area (Å²) in [5.74, 6) is -4.57. The molecule has 7 rings (SSSR count). The van der Waals surface area contributed by atoms with Crippen LogP contribution in [0.1, 0.15) is 57.8 Å². The van der Waals surface area contributed by atoms with Crippen LogP contribution in [0.25, 0.3) is 0 Å². The van der Waals surface area contributed by atoms with Crippen molar-refractivity contribution in [1.29, 1.82) is 0 Å². The van der Waals surface area contributed by atoms with E-state index in [1.54, 1.807) is 58.0 Å². The minimum Gasteiger partial charge on any atom is -0.463 e. The van der Waals surface area contributed by atoms with Crippen molar-refractivity contribution >= 4 is 23.5 Å². The lowest BCUT2D eigenvalue weighted by molar-refractivity contribution is -0.236. The number of aliphatic hydroxyl groups excluding tert-OH is 2. The first-order valence-corrected chi connectivity index (χ1v) is 13.4. The lowest BCUT2D eigenvalue weighted by atomic mass is 9.48. The van der Waals surface area contributed by atoms with Gasteiger partial charge in [0.2, 0.25) is 11.6 Å². The van der Waals surface area contributed by atoms with E-state index in [1.165, 1.54) is 6.92 Å². The number of fused-ring (bicyclic) bond motifs is 2. The van der Waals surface area contributed by atoms with Gasteiger partial charge >= 0.3 is 11.9 Å². The molecular formula is C29H34O10. The van der Waals surface area contributed by atoms with Crippen molar-refractivity contribution in [2.24, 2.45) is 28.1 Å². The van der Waals surface area contributed by atoms with E-state index < -0.39 is 87.4 Å². The van der Waals surface area contributed by atoms with E-state index in [0.29, 0.717) is 0 Å². The normalized spacial score (nSPS) is 46.9. The number of ether oxygens (including phenoxy) is 4. The Balaban J connectivity index is 1.62. The maximum atomic E-state index is 14.1. The van der Waals surface area contributed by atoms with Crippen LogP contribution in [0.3, 0.4) is 0 Å². The van der Waals surface area contributed by atoms with Crippen molar-refractivity contribution in [3.63, 3.8) is 0 Å². The summed E-state index contributed by atoms with van der Waals surface area (Å²) < 4.78 is 24.6. The number of esters is 2. The smallest absolute Gasteiger partial charge is 0.338 e. The second-order valence-electron chi connectivity index (χ2n) is 12.8. The zero-order valence-electron chi connectivity index (χ0n) is 22.6. The molecule has 6 aliphatic rings. The van der Waals surface area contributed by atoms with E-state index >= 15 is 0 Å². The van der Waals surface area contributed by atoms with Crippen LogP contribution >= 0.6 is 0 Å². The summed E-state index contributed by atoms with van der Waals surface area (Å²) >= 11 is 0. The zero-order valence-corrected chi connectivity index (χ0v) is 22.6. The van der Waals surface area contributed by atoms with Gasteiger partial charge in [0.25, 0.3) is 0 Å². The van der Waals surface area contributed by atoms with Gasteiger partial charge < -0.3 is 29.2 Å². The van der Waals surface area contributed by atoms with Crippen LogP contribution in [0.2, 0.25) is 0 Å². The monoisotopic (exact) mass is 542 g/mol. The molecule has 0 amide bonds. The molecule has 39 heavy (non-hydrogen) atoms. The number of carbonyl (C=O) groups excluding carboxylic acids is 4. The second kappa shape index (κ2) is 7.96. The number of Topliss-reactive ketones (excluding diaryl/α,β-unsaturated/α-hetero) is 2. The van der Waals surface area contributed by atoms with Gasteiger partial charge in [-0.05, 0) is 12.1 Å². The largest absolute Gasteiger partial charge is 0.463 e. The highest BCUT2D eigenvalue weighted by atomic mass is 16.7. The van der Waals surface area contributed by atoms with Crippen molar-refractivity contribution in [3.05, 3.63) is 35.9 Å². The van der Waals surface area contributed by atoms with Crippen molar-refractivity contribution in [2.75, 3.05) is 6.61 Å². The lowest BCUT2D eigenvalue weighted by Crippen LogP contribution is -2.68. The van der Waals surface area contributed by atoms with Gasteiger partial charge in [-0.25, -0.2) is 4.79 Å². The molecule has 4 saturated carbocycles. The number of carbonyl (C=O) groups is 4. The standard InChI is InChI=1S/C29H34O10/c1-14(30)36-13-28-17(11-18(32)38-28)37-23-21(28)27(5)22(34)19(33)20-25(2,3)29(23,12-16(31)26(20,27)4)39-24(35)15-9-7-6-8-10-15/h6-10,16-18,20-21,23,31-32H,11-13H2,1-5H3/t16-,17+,18?,20-,21?,23?,26-,27+,28-,29-/m0/s1. The molecule has 0 radical (unpaired) electrons. The van der Waals surface area contributed by atoms with E-state index in [-0.39, 0.29) is 25.0 Å². The van der Waals surface area contributed by atoms with E-state index in [4.69, 9.17) is 18.9 Å². The molecule has 1 aromatic carbocycles. The highest BCUT2D eigenvalue weighted by Gasteiger charge is 2.89. The molecule has 2 aliphatic heterocycles. The summed E-state index contributed by atoms with van der Waals surface area (Å²) in [5, 5.41) is 22.4. The highest BCUT2D eigenvalue weighted by molar-refractivity contribution is 6.43. The topological polar surface area (TPSA) is 146 Å². The molecule has 10 heteroatoms. The fourth-order valence-electron chi connectivity index (χ4n) is 9.13. The summed E-state index contributed by atoms with van der Waals surface area (Å²) in [6, 6.07) is 8.39. The van der Waals surface area contributed by atoms with Crippen molar-refractivity contribution < 1.29 is 48.3 Å². The van der Waals surface area contributed by atoms with E-state index in [2.05, 4.69) is 0 Å². The van der Waals surface area contributed by atoms with Crippen LogP contribution in [0, 0.1) is 28.1 Å². The fraction of sp³-hybridized carbons (Fsp3) is 0.655. The van der Waals surface area contributed by atoms with Crippen molar-refractivity contribution in [3.8, 4) is 0 Å². The highest BCUT2D eigenvalue weighted by Crippen LogP contribution is 2.77. The molecule has 10 atom stereocenters. The Morgan fingerprint density at radius 1 is 1.08 bits per heavy atom. The predicted molar refractivity (Wildman–Crippen MR) is 132 cm³/mol. The van der Waals surface area contributed by atoms with Gasteiger partial charge in [0.05, 0.1) is 23.2 Å². The predicted octanol–water partition coefficient (Wildman–Crippen LogP) is 1.59. The van der Waals surface area contributed by atoms with Crippen LogP contribution in [0.5, 0.6) is 0 Å². The summed E-state index contributed by atoms with van der Waals surface area (Å²) in [6.07, 6.45) is -4.39. The summed E-state index contributed by atoms with van der Waals surface area (Å²) in [6.45, 7) is 7.83. The zero-order chi connectivity index (χ0) is 28.3. The molecule has 2 N–H and O–H groups in total. The number of hydrogen-bond donors (Lipinski definition) is 2. The third-order valence-electron chi connectivity index (χ3n) is 11.0. The summed E-state index contributed by atoms with van der Waals surface area (Å²) in [5.41, 5.74) is -6.80. The first kappa shape index (κ1) is 26.6. The fourth-order valence-corrected chi connectivity index (χ4v) is 9.13. The van der Waals surface area contributed by atoms with Gasteiger partial charge in [-0.3, -0.25) is 14.4 Å². The Hall–Kier alpha value is -2.66. The number of hydrogen-bond acceptors (Lipinski definition) is 10. The Morgan fingerprint density at radius 2 is 1.74 bits per heavy atom. The van der Waals surface area contributed by atoms with Crippen molar-refractivity contribution in [1.82, 2.24) is 0 Å². The van der Waals surface area contributed by atoms with Gasteiger partial charge in [0.1, 0.15) is 23.9 Å². The Bertz CT molecular complexity index is 1280.